The topological polar surface area (TPSA) is 25.8 Å². The molecule has 2 aromatic carbocycles. The Hall–Kier alpha value is -3.26. The van der Waals surface area contributed by atoms with Crippen molar-refractivity contribution in [3.63, 3.8) is 0 Å². The summed E-state index contributed by atoms with van der Waals surface area (Å²) in [5.74, 6) is 0. The quantitative estimate of drug-likeness (QED) is 0.501. The number of hydrogen-bond donors (Lipinski definition) is 0. The predicted molar refractivity (Wildman–Crippen MR) is 98.3 cm³/mol. The van der Waals surface area contributed by atoms with Gasteiger partial charge in [0.05, 0.1) is 11.4 Å². The second kappa shape index (κ2) is 6.47. The van der Waals surface area contributed by atoms with Gasteiger partial charge in [0.2, 0.25) is 0 Å². The summed E-state index contributed by atoms with van der Waals surface area (Å²) in [6, 6.07) is 28.8. The molecule has 0 radical (unpaired) electrons. The molecule has 4 rings (SSSR count). The van der Waals surface area contributed by atoms with Crippen molar-refractivity contribution in [1.29, 1.82) is 0 Å². The fourth-order valence-corrected chi connectivity index (χ4v) is 2.74. The molecule has 114 valence electrons. The number of rotatable bonds is 3. The highest BCUT2D eigenvalue weighted by molar-refractivity contribution is 5.76. The lowest BCUT2D eigenvalue weighted by Crippen LogP contribution is -1.91. The van der Waals surface area contributed by atoms with Crippen LogP contribution in [-0.4, -0.2) is 9.97 Å². The van der Waals surface area contributed by atoms with Crippen molar-refractivity contribution in [2.24, 2.45) is 0 Å². The number of benzene rings is 2. The van der Waals surface area contributed by atoms with Crippen molar-refractivity contribution in [3.8, 4) is 33.6 Å². The maximum atomic E-state index is 4.88. The third kappa shape index (κ3) is 2.95. The molecule has 0 fully saturated rings. The van der Waals surface area contributed by atoms with Crippen molar-refractivity contribution < 1.29 is 0 Å². The van der Waals surface area contributed by atoms with E-state index in [1.807, 2.05) is 48.7 Å². The summed E-state index contributed by atoms with van der Waals surface area (Å²) in [6.45, 7) is 0. The van der Waals surface area contributed by atoms with Crippen LogP contribution in [0.4, 0.5) is 0 Å². The van der Waals surface area contributed by atoms with Crippen molar-refractivity contribution in [2.45, 2.75) is 0 Å². The average Bonchev–Trinajstić information content (AvgIpc) is 2.70. The smallest absolute Gasteiger partial charge is 0.0715 e. The van der Waals surface area contributed by atoms with E-state index < -0.39 is 0 Å². The number of pyridine rings is 2. The Morgan fingerprint density at radius 2 is 1.04 bits per heavy atom. The van der Waals surface area contributed by atoms with Crippen LogP contribution < -0.4 is 0 Å². The van der Waals surface area contributed by atoms with Gasteiger partial charge >= 0.3 is 0 Å². The maximum absolute atomic E-state index is 4.88. The third-order valence-electron chi connectivity index (χ3n) is 3.96. The van der Waals surface area contributed by atoms with Crippen LogP contribution in [0.1, 0.15) is 0 Å². The van der Waals surface area contributed by atoms with Gasteiger partial charge in [-0.1, -0.05) is 66.7 Å². The van der Waals surface area contributed by atoms with Crippen LogP contribution in [0.15, 0.2) is 97.3 Å². The first-order valence-corrected chi connectivity index (χ1v) is 7.93. The van der Waals surface area contributed by atoms with Crippen molar-refractivity contribution >= 4 is 0 Å². The first-order chi connectivity index (χ1) is 11.9. The SMILES string of the molecule is c1ccc(-c2cc(-c3cccnc3)cc(-c3ccccc3)n2)cc1. The summed E-state index contributed by atoms with van der Waals surface area (Å²) in [7, 11) is 0. The fraction of sp³-hybridized carbons (Fsp3) is 0. The maximum Gasteiger partial charge on any atom is 0.0715 e. The lowest BCUT2D eigenvalue weighted by Gasteiger charge is -2.10. The molecule has 0 spiro atoms. The molecule has 0 unspecified atom stereocenters. The Bertz CT molecular complexity index is 794. The molecule has 24 heavy (non-hydrogen) atoms. The zero-order chi connectivity index (χ0) is 16.2. The molecule has 0 aliphatic carbocycles. The highest BCUT2D eigenvalue weighted by Gasteiger charge is 2.08. The largest absolute Gasteiger partial charge is 0.264 e. The van der Waals surface area contributed by atoms with E-state index in [0.29, 0.717) is 0 Å². The van der Waals surface area contributed by atoms with Crippen molar-refractivity contribution in [2.75, 3.05) is 0 Å². The second-order valence-electron chi connectivity index (χ2n) is 5.60. The number of aromatic nitrogens is 2. The monoisotopic (exact) mass is 308 g/mol. The van der Waals surface area contributed by atoms with E-state index in [9.17, 15) is 0 Å². The van der Waals surface area contributed by atoms with Gasteiger partial charge in [-0.2, -0.15) is 0 Å². The second-order valence-corrected chi connectivity index (χ2v) is 5.60. The molecule has 0 aliphatic rings. The summed E-state index contributed by atoms with van der Waals surface area (Å²) >= 11 is 0. The molecule has 0 N–H and O–H groups in total. The molecular formula is C22H16N2. The van der Waals surface area contributed by atoms with Crippen LogP contribution in [0, 0.1) is 0 Å². The molecule has 0 atom stereocenters. The van der Waals surface area contributed by atoms with E-state index in [-0.39, 0.29) is 0 Å². The first kappa shape index (κ1) is 14.3. The van der Waals surface area contributed by atoms with Gasteiger partial charge in [-0.05, 0) is 23.8 Å². The van der Waals surface area contributed by atoms with Crippen LogP contribution in [0.5, 0.6) is 0 Å². The van der Waals surface area contributed by atoms with Crippen LogP contribution in [-0.2, 0) is 0 Å². The Morgan fingerprint density at radius 1 is 0.500 bits per heavy atom. The zero-order valence-corrected chi connectivity index (χ0v) is 13.1. The molecule has 0 saturated heterocycles. The van der Waals surface area contributed by atoms with E-state index >= 15 is 0 Å². The van der Waals surface area contributed by atoms with Crippen LogP contribution >= 0.6 is 0 Å². The first-order valence-electron chi connectivity index (χ1n) is 7.93. The lowest BCUT2D eigenvalue weighted by atomic mass is 10.0. The summed E-state index contributed by atoms with van der Waals surface area (Å²) in [5, 5.41) is 0. The number of hydrogen-bond acceptors (Lipinski definition) is 2. The van der Waals surface area contributed by atoms with Crippen molar-refractivity contribution in [1.82, 2.24) is 9.97 Å². The van der Waals surface area contributed by atoms with E-state index in [1.54, 1.807) is 6.20 Å². The van der Waals surface area contributed by atoms with Gasteiger partial charge in [-0.15, -0.1) is 0 Å². The summed E-state index contributed by atoms with van der Waals surface area (Å²) in [4.78, 5) is 9.12. The summed E-state index contributed by atoms with van der Waals surface area (Å²) < 4.78 is 0. The van der Waals surface area contributed by atoms with E-state index in [1.165, 1.54) is 0 Å². The molecular weight excluding hydrogens is 292 g/mol. The summed E-state index contributed by atoms with van der Waals surface area (Å²) in [5.41, 5.74) is 6.37. The molecule has 0 aliphatic heterocycles. The normalized spacial score (nSPS) is 10.5. The zero-order valence-electron chi connectivity index (χ0n) is 13.1. The molecule has 0 saturated carbocycles. The van der Waals surface area contributed by atoms with E-state index in [4.69, 9.17) is 4.98 Å². The lowest BCUT2D eigenvalue weighted by molar-refractivity contribution is 1.30. The Balaban J connectivity index is 1.92. The molecule has 2 heteroatoms. The van der Waals surface area contributed by atoms with Gasteiger partial charge in [-0.25, -0.2) is 4.98 Å². The fourth-order valence-electron chi connectivity index (χ4n) is 2.74. The van der Waals surface area contributed by atoms with Crippen LogP contribution in [0.3, 0.4) is 0 Å². The highest BCUT2D eigenvalue weighted by atomic mass is 14.7. The van der Waals surface area contributed by atoms with Crippen LogP contribution in [0.25, 0.3) is 33.6 Å². The van der Waals surface area contributed by atoms with Gasteiger partial charge in [0.15, 0.2) is 0 Å². The molecule has 4 aromatic rings. The van der Waals surface area contributed by atoms with E-state index in [0.717, 1.165) is 33.6 Å². The Kier molecular flexibility index (Phi) is 3.86. The Morgan fingerprint density at radius 3 is 1.54 bits per heavy atom. The minimum atomic E-state index is 0.968. The number of nitrogens with zero attached hydrogens (tertiary/aromatic N) is 2. The van der Waals surface area contributed by atoms with Gasteiger partial charge in [-0.3, -0.25) is 4.98 Å². The summed E-state index contributed by atoms with van der Waals surface area (Å²) in [6.07, 6.45) is 3.68. The van der Waals surface area contributed by atoms with Gasteiger partial charge in [0, 0.05) is 29.1 Å². The standard InChI is InChI=1S/C22H16N2/c1-3-8-17(9-4-1)21-14-20(19-12-7-13-23-16-19)15-22(24-21)18-10-5-2-6-11-18/h1-16H. The van der Waals surface area contributed by atoms with Crippen molar-refractivity contribution in [3.05, 3.63) is 97.3 Å². The van der Waals surface area contributed by atoms with Crippen LogP contribution in [0.2, 0.25) is 0 Å². The predicted octanol–water partition coefficient (Wildman–Crippen LogP) is 5.48. The molecule has 2 nitrogen and oxygen atoms in total. The van der Waals surface area contributed by atoms with Gasteiger partial charge in [0.25, 0.3) is 0 Å². The molecule has 2 heterocycles. The molecule has 0 amide bonds. The Labute approximate surface area is 141 Å². The highest BCUT2D eigenvalue weighted by Crippen LogP contribution is 2.29. The minimum absolute atomic E-state index is 0.968. The van der Waals surface area contributed by atoms with Gasteiger partial charge in [0.1, 0.15) is 0 Å². The van der Waals surface area contributed by atoms with E-state index in [2.05, 4.69) is 47.4 Å². The molecule has 2 aromatic heterocycles. The van der Waals surface area contributed by atoms with Gasteiger partial charge < -0.3 is 0 Å². The third-order valence-corrected chi connectivity index (χ3v) is 3.96. The average molecular weight is 308 g/mol. The molecule has 0 bridgehead atoms. The minimum Gasteiger partial charge on any atom is -0.264 e.